The number of hydrogen-bond acceptors (Lipinski definition) is 3. The highest BCUT2D eigenvalue weighted by Gasteiger charge is 2.12. The zero-order chi connectivity index (χ0) is 15.4. The van der Waals surface area contributed by atoms with Crippen molar-refractivity contribution in [3.63, 3.8) is 0 Å². The molecule has 0 aliphatic heterocycles. The van der Waals surface area contributed by atoms with Crippen molar-refractivity contribution in [2.45, 2.75) is 52.6 Å². The monoisotopic (exact) mass is 288 g/mol. The fourth-order valence-corrected chi connectivity index (χ4v) is 1.66. The maximum atomic E-state index is 11.5. The number of amides is 2. The van der Waals surface area contributed by atoms with Crippen LogP contribution >= 0.6 is 0 Å². The molecule has 0 fully saturated rings. The summed E-state index contributed by atoms with van der Waals surface area (Å²) in [6, 6.07) is -0.237. The number of carbonyl (C=O) groups excluding carboxylic acids is 1. The van der Waals surface area contributed by atoms with Gasteiger partial charge in [-0.2, -0.15) is 0 Å². The average Bonchev–Trinajstić information content (AvgIpc) is 2.37. The van der Waals surface area contributed by atoms with Crippen molar-refractivity contribution in [3.8, 4) is 0 Å². The third kappa shape index (κ3) is 11.8. The van der Waals surface area contributed by atoms with Crippen molar-refractivity contribution in [1.29, 1.82) is 0 Å². The van der Waals surface area contributed by atoms with Crippen LogP contribution in [-0.4, -0.2) is 42.9 Å². The second-order valence-electron chi connectivity index (χ2n) is 5.14. The summed E-state index contributed by atoms with van der Waals surface area (Å²) in [6.07, 6.45) is 2.84. The molecule has 1 atom stereocenters. The van der Waals surface area contributed by atoms with E-state index in [9.17, 15) is 9.59 Å². The Morgan fingerprint density at radius 3 is 2.45 bits per heavy atom. The Bertz CT molecular complexity index is 282. The number of urea groups is 1. The molecule has 1 unspecified atom stereocenters. The van der Waals surface area contributed by atoms with Gasteiger partial charge in [0.2, 0.25) is 0 Å². The van der Waals surface area contributed by atoms with E-state index in [1.807, 2.05) is 20.8 Å². The van der Waals surface area contributed by atoms with E-state index in [0.717, 1.165) is 19.3 Å². The van der Waals surface area contributed by atoms with E-state index in [1.54, 1.807) is 0 Å². The summed E-state index contributed by atoms with van der Waals surface area (Å²) in [7, 11) is 0. The van der Waals surface area contributed by atoms with Gasteiger partial charge in [-0.3, -0.25) is 4.79 Å². The standard InChI is InChI=1S/C14H28N2O4/c1-4-12(9-13(17)18)10-16-14(19)15-7-5-6-8-20-11(2)3/h11-12H,4-10H2,1-3H3,(H,17,18)(H2,15,16,19). The lowest BCUT2D eigenvalue weighted by Crippen LogP contribution is -2.39. The Morgan fingerprint density at radius 2 is 1.90 bits per heavy atom. The van der Waals surface area contributed by atoms with Crippen molar-refractivity contribution in [3.05, 3.63) is 0 Å². The molecule has 118 valence electrons. The lowest BCUT2D eigenvalue weighted by atomic mass is 10.0. The summed E-state index contributed by atoms with van der Waals surface area (Å²) in [5.41, 5.74) is 0. The van der Waals surface area contributed by atoms with Crippen LogP contribution in [0.25, 0.3) is 0 Å². The first-order valence-electron chi connectivity index (χ1n) is 7.30. The van der Waals surface area contributed by atoms with Gasteiger partial charge in [0.1, 0.15) is 0 Å². The summed E-state index contributed by atoms with van der Waals surface area (Å²) in [5, 5.41) is 14.2. The minimum absolute atomic E-state index is 0.0160. The molecule has 0 spiro atoms. The minimum Gasteiger partial charge on any atom is -0.481 e. The van der Waals surface area contributed by atoms with Crippen LogP contribution in [0.5, 0.6) is 0 Å². The molecule has 0 saturated carbocycles. The smallest absolute Gasteiger partial charge is 0.314 e. The summed E-state index contributed by atoms with van der Waals surface area (Å²) >= 11 is 0. The molecule has 0 bridgehead atoms. The van der Waals surface area contributed by atoms with E-state index in [2.05, 4.69) is 10.6 Å². The Labute approximate surface area is 121 Å². The SMILES string of the molecule is CCC(CNC(=O)NCCCCOC(C)C)CC(=O)O. The number of carbonyl (C=O) groups is 2. The third-order valence-electron chi connectivity index (χ3n) is 2.90. The molecular formula is C14H28N2O4. The van der Waals surface area contributed by atoms with Crippen molar-refractivity contribution in [1.82, 2.24) is 10.6 Å². The van der Waals surface area contributed by atoms with E-state index in [0.29, 0.717) is 19.7 Å². The van der Waals surface area contributed by atoms with Gasteiger partial charge in [-0.15, -0.1) is 0 Å². The number of rotatable bonds is 11. The molecule has 0 saturated heterocycles. The number of carboxylic acids is 1. The van der Waals surface area contributed by atoms with Crippen molar-refractivity contribution in [2.75, 3.05) is 19.7 Å². The van der Waals surface area contributed by atoms with Crippen LogP contribution in [0.3, 0.4) is 0 Å². The predicted molar refractivity (Wildman–Crippen MR) is 77.8 cm³/mol. The second-order valence-corrected chi connectivity index (χ2v) is 5.14. The van der Waals surface area contributed by atoms with Crippen LogP contribution in [0.1, 0.15) is 46.5 Å². The topological polar surface area (TPSA) is 87.7 Å². The highest BCUT2D eigenvalue weighted by molar-refractivity contribution is 5.73. The quantitative estimate of drug-likeness (QED) is 0.507. The normalized spacial score (nSPS) is 12.2. The third-order valence-corrected chi connectivity index (χ3v) is 2.90. The molecule has 6 nitrogen and oxygen atoms in total. The van der Waals surface area contributed by atoms with E-state index < -0.39 is 5.97 Å². The molecule has 0 heterocycles. The molecule has 2 amide bonds. The first-order chi connectivity index (χ1) is 9.45. The lowest BCUT2D eigenvalue weighted by molar-refractivity contribution is -0.138. The molecule has 0 rings (SSSR count). The van der Waals surface area contributed by atoms with E-state index >= 15 is 0 Å². The summed E-state index contributed by atoms with van der Waals surface area (Å²) in [5.74, 6) is -0.845. The van der Waals surface area contributed by atoms with Gasteiger partial charge >= 0.3 is 12.0 Å². The average molecular weight is 288 g/mol. The summed E-state index contributed by atoms with van der Waals surface area (Å²) in [6.45, 7) is 7.60. The zero-order valence-electron chi connectivity index (χ0n) is 12.8. The van der Waals surface area contributed by atoms with Gasteiger partial charge in [-0.1, -0.05) is 13.3 Å². The number of aliphatic carboxylic acids is 1. The van der Waals surface area contributed by atoms with Gasteiger partial charge in [0, 0.05) is 26.1 Å². The van der Waals surface area contributed by atoms with Crippen LogP contribution < -0.4 is 10.6 Å². The molecule has 0 aromatic heterocycles. The van der Waals surface area contributed by atoms with Gasteiger partial charge in [-0.05, 0) is 32.6 Å². The molecule has 0 aromatic rings. The Kier molecular flexibility index (Phi) is 10.8. The van der Waals surface area contributed by atoms with Gasteiger partial charge < -0.3 is 20.5 Å². The highest BCUT2D eigenvalue weighted by Crippen LogP contribution is 2.06. The van der Waals surface area contributed by atoms with Crippen molar-refractivity contribution >= 4 is 12.0 Å². The Morgan fingerprint density at radius 1 is 1.20 bits per heavy atom. The van der Waals surface area contributed by atoms with Crippen LogP contribution in [-0.2, 0) is 9.53 Å². The van der Waals surface area contributed by atoms with Crippen molar-refractivity contribution < 1.29 is 19.4 Å². The number of nitrogens with one attached hydrogen (secondary N) is 2. The maximum absolute atomic E-state index is 11.5. The Balaban J connectivity index is 3.55. The molecule has 0 aliphatic rings. The molecule has 20 heavy (non-hydrogen) atoms. The largest absolute Gasteiger partial charge is 0.481 e. The first-order valence-corrected chi connectivity index (χ1v) is 7.30. The number of ether oxygens (including phenoxy) is 1. The van der Waals surface area contributed by atoms with E-state index in [1.165, 1.54) is 0 Å². The van der Waals surface area contributed by atoms with E-state index in [-0.39, 0.29) is 24.5 Å². The molecule has 0 aromatic carbocycles. The number of carboxylic acid groups (broad SMARTS) is 1. The van der Waals surface area contributed by atoms with Gasteiger partial charge in [-0.25, -0.2) is 4.79 Å². The number of unbranched alkanes of at least 4 members (excludes halogenated alkanes) is 1. The second kappa shape index (κ2) is 11.5. The van der Waals surface area contributed by atoms with Crippen molar-refractivity contribution in [2.24, 2.45) is 5.92 Å². The van der Waals surface area contributed by atoms with Crippen LogP contribution in [0.4, 0.5) is 4.79 Å². The Hall–Kier alpha value is -1.30. The number of hydrogen-bond donors (Lipinski definition) is 3. The molecule has 0 radical (unpaired) electrons. The molecule has 0 aliphatic carbocycles. The van der Waals surface area contributed by atoms with E-state index in [4.69, 9.17) is 9.84 Å². The van der Waals surface area contributed by atoms with Crippen LogP contribution in [0, 0.1) is 5.92 Å². The minimum atomic E-state index is -0.829. The molecular weight excluding hydrogens is 260 g/mol. The van der Waals surface area contributed by atoms with Gasteiger partial charge in [0.05, 0.1) is 6.10 Å². The summed E-state index contributed by atoms with van der Waals surface area (Å²) < 4.78 is 5.40. The van der Waals surface area contributed by atoms with Crippen LogP contribution in [0.15, 0.2) is 0 Å². The van der Waals surface area contributed by atoms with Gasteiger partial charge in [0.25, 0.3) is 0 Å². The maximum Gasteiger partial charge on any atom is 0.314 e. The fraction of sp³-hybridized carbons (Fsp3) is 0.857. The first kappa shape index (κ1) is 18.7. The predicted octanol–water partition coefficient (Wildman–Crippen LogP) is 1.99. The van der Waals surface area contributed by atoms with Crippen LogP contribution in [0.2, 0.25) is 0 Å². The molecule has 6 heteroatoms. The summed E-state index contributed by atoms with van der Waals surface area (Å²) in [4.78, 5) is 22.1. The highest BCUT2D eigenvalue weighted by atomic mass is 16.5. The fourth-order valence-electron chi connectivity index (χ4n) is 1.66. The molecule has 3 N–H and O–H groups in total. The zero-order valence-corrected chi connectivity index (χ0v) is 12.8. The lowest BCUT2D eigenvalue weighted by Gasteiger charge is -2.14. The van der Waals surface area contributed by atoms with Gasteiger partial charge in [0.15, 0.2) is 0 Å².